The largest absolute Gasteiger partial charge is 0.417 e. The number of anilines is 1. The van der Waals surface area contributed by atoms with Gasteiger partial charge in [0, 0.05) is 43.9 Å². The molecule has 0 amide bonds. The number of rotatable bonds is 6. The highest BCUT2D eigenvalue weighted by atomic mass is 32.2. The summed E-state index contributed by atoms with van der Waals surface area (Å²) in [5.74, 6) is 0.685. The van der Waals surface area contributed by atoms with Gasteiger partial charge in [0.15, 0.2) is 0 Å². The van der Waals surface area contributed by atoms with Crippen molar-refractivity contribution in [2.75, 3.05) is 50.5 Å². The highest BCUT2D eigenvalue weighted by Gasteiger charge is 2.51. The molecule has 2 aliphatic heterocycles. The fraction of sp³-hybridized carbons (Fsp3) is 0.667. The Morgan fingerprint density at radius 3 is 2.61 bits per heavy atom. The van der Waals surface area contributed by atoms with E-state index in [2.05, 4.69) is 0 Å². The Morgan fingerprint density at radius 2 is 2.00 bits per heavy atom. The summed E-state index contributed by atoms with van der Waals surface area (Å²) in [6, 6.07) is 5.39. The third-order valence-electron chi connectivity index (χ3n) is 6.73. The minimum Gasteiger partial charge on any atom is -0.380 e. The van der Waals surface area contributed by atoms with Crippen LogP contribution in [0.2, 0.25) is 0 Å². The fourth-order valence-corrected chi connectivity index (χ4v) is 5.73. The normalized spacial score (nSPS) is 27.2. The van der Waals surface area contributed by atoms with Gasteiger partial charge in [-0.3, -0.25) is 0 Å². The van der Waals surface area contributed by atoms with Gasteiger partial charge in [0.2, 0.25) is 10.0 Å². The number of piperidine rings is 1. The molecule has 2 heterocycles. The zero-order valence-electron chi connectivity index (χ0n) is 17.4. The predicted octanol–water partition coefficient (Wildman–Crippen LogP) is 3.09. The fourth-order valence-electron chi connectivity index (χ4n) is 4.80. The second kappa shape index (κ2) is 7.94. The van der Waals surface area contributed by atoms with Crippen LogP contribution in [0.3, 0.4) is 0 Å². The maximum absolute atomic E-state index is 13.4. The third kappa shape index (κ3) is 4.69. The van der Waals surface area contributed by atoms with Gasteiger partial charge in [0.25, 0.3) is 0 Å². The second-order valence-corrected chi connectivity index (χ2v) is 11.1. The van der Waals surface area contributed by atoms with Gasteiger partial charge in [0.05, 0.1) is 30.1 Å². The molecule has 0 bridgehead atoms. The Kier molecular flexibility index (Phi) is 5.73. The lowest BCUT2D eigenvalue weighted by molar-refractivity contribution is -0.137. The van der Waals surface area contributed by atoms with Crippen molar-refractivity contribution < 1.29 is 26.3 Å². The molecule has 1 saturated carbocycles. The number of fused-ring (bicyclic) bond motifs is 1. The first kappa shape index (κ1) is 22.4. The van der Waals surface area contributed by atoms with Crippen LogP contribution in [0.5, 0.6) is 0 Å². The summed E-state index contributed by atoms with van der Waals surface area (Å²) in [4.78, 5) is 1.88. The van der Waals surface area contributed by atoms with Gasteiger partial charge < -0.3 is 9.64 Å². The minimum atomic E-state index is -4.62. The average molecular weight is 458 g/mol. The van der Waals surface area contributed by atoms with E-state index in [1.807, 2.05) is 4.90 Å². The Hall–Kier alpha value is -1.83. The van der Waals surface area contributed by atoms with E-state index >= 15 is 0 Å². The summed E-state index contributed by atoms with van der Waals surface area (Å²) in [6.45, 7) is 2.69. The van der Waals surface area contributed by atoms with Crippen LogP contribution in [0.25, 0.3) is 0 Å². The summed E-state index contributed by atoms with van der Waals surface area (Å²) in [6.07, 6.45) is -0.507. The van der Waals surface area contributed by atoms with Crippen molar-refractivity contribution in [1.82, 2.24) is 4.31 Å². The number of hydrogen-bond donors (Lipinski definition) is 0. The Labute approximate surface area is 180 Å². The monoisotopic (exact) mass is 457 g/mol. The molecule has 1 aromatic rings. The first-order valence-corrected chi connectivity index (χ1v) is 12.3. The van der Waals surface area contributed by atoms with Gasteiger partial charge in [-0.2, -0.15) is 18.4 Å². The summed E-state index contributed by atoms with van der Waals surface area (Å²) >= 11 is 0. The van der Waals surface area contributed by atoms with Crippen molar-refractivity contribution in [2.24, 2.45) is 17.3 Å². The van der Waals surface area contributed by atoms with E-state index in [1.54, 1.807) is 6.07 Å². The van der Waals surface area contributed by atoms with E-state index in [9.17, 15) is 21.6 Å². The van der Waals surface area contributed by atoms with Crippen molar-refractivity contribution in [3.05, 3.63) is 29.3 Å². The number of nitrogens with zero attached hydrogens (tertiary/aromatic N) is 3. The van der Waals surface area contributed by atoms with Crippen molar-refractivity contribution in [1.29, 1.82) is 5.26 Å². The van der Waals surface area contributed by atoms with Crippen molar-refractivity contribution >= 4 is 15.7 Å². The van der Waals surface area contributed by atoms with Crippen LogP contribution in [0.4, 0.5) is 18.9 Å². The lowest BCUT2D eigenvalue weighted by Gasteiger charge is -2.42. The van der Waals surface area contributed by atoms with Crippen LogP contribution in [0.15, 0.2) is 18.2 Å². The van der Waals surface area contributed by atoms with Crippen LogP contribution >= 0.6 is 0 Å². The standard InChI is InChI=1S/C21H26F3N3O3S/c1-31(28,29)27-7-6-17-10-26(12-20(17,13-27)14-30-11-15-2-3-15)18-5-4-16(9-25)19(8-18)21(22,23)24/h4-5,8,15,17H,2-3,6-7,10-14H2,1H3/t17-,20-/m0/s1. The van der Waals surface area contributed by atoms with Gasteiger partial charge in [-0.05, 0) is 49.3 Å². The molecule has 3 fully saturated rings. The van der Waals surface area contributed by atoms with E-state index in [4.69, 9.17) is 10.00 Å². The lowest BCUT2D eigenvalue weighted by atomic mass is 9.74. The highest BCUT2D eigenvalue weighted by molar-refractivity contribution is 7.88. The number of hydrogen-bond acceptors (Lipinski definition) is 5. The van der Waals surface area contributed by atoms with Crippen molar-refractivity contribution in [3.8, 4) is 6.07 Å². The molecule has 3 aliphatic rings. The number of benzene rings is 1. The average Bonchev–Trinajstić information content (AvgIpc) is 3.43. The number of ether oxygens (including phenoxy) is 1. The van der Waals surface area contributed by atoms with Gasteiger partial charge in [-0.25, -0.2) is 12.7 Å². The molecule has 2 saturated heterocycles. The van der Waals surface area contributed by atoms with Gasteiger partial charge in [-0.1, -0.05) is 0 Å². The molecule has 1 aliphatic carbocycles. The Morgan fingerprint density at radius 1 is 1.26 bits per heavy atom. The first-order valence-electron chi connectivity index (χ1n) is 10.4. The topological polar surface area (TPSA) is 73.6 Å². The van der Waals surface area contributed by atoms with E-state index in [0.29, 0.717) is 57.4 Å². The summed E-state index contributed by atoms with van der Waals surface area (Å²) in [5, 5.41) is 9.06. The summed E-state index contributed by atoms with van der Waals surface area (Å²) in [7, 11) is -3.37. The molecule has 31 heavy (non-hydrogen) atoms. The van der Waals surface area contributed by atoms with Gasteiger partial charge in [-0.15, -0.1) is 0 Å². The third-order valence-corrected chi connectivity index (χ3v) is 7.98. The van der Waals surface area contributed by atoms with Crippen LogP contribution < -0.4 is 4.90 Å². The molecular formula is C21H26F3N3O3S. The Bertz CT molecular complexity index is 988. The quantitative estimate of drug-likeness (QED) is 0.657. The smallest absolute Gasteiger partial charge is 0.380 e. The predicted molar refractivity (Wildman–Crippen MR) is 109 cm³/mol. The molecule has 0 radical (unpaired) electrons. The maximum atomic E-state index is 13.4. The molecule has 0 aromatic heterocycles. The van der Waals surface area contributed by atoms with Crippen LogP contribution in [0, 0.1) is 28.6 Å². The molecule has 2 atom stereocenters. The van der Waals surface area contributed by atoms with E-state index in [1.165, 1.54) is 22.7 Å². The van der Waals surface area contributed by atoms with Crippen molar-refractivity contribution in [2.45, 2.75) is 25.4 Å². The molecule has 0 spiro atoms. The SMILES string of the molecule is CS(=O)(=O)N1CC[C@H]2CN(c3ccc(C#N)c(C(F)(F)F)c3)C[C@@]2(COCC2CC2)C1. The Balaban J connectivity index is 1.61. The van der Waals surface area contributed by atoms with Crippen LogP contribution in [0.1, 0.15) is 30.4 Å². The van der Waals surface area contributed by atoms with Crippen molar-refractivity contribution in [3.63, 3.8) is 0 Å². The van der Waals surface area contributed by atoms with Crippen LogP contribution in [-0.4, -0.2) is 58.4 Å². The number of nitriles is 1. The highest BCUT2D eigenvalue weighted by Crippen LogP contribution is 2.46. The first-order chi connectivity index (χ1) is 14.5. The van der Waals surface area contributed by atoms with Crippen LogP contribution in [-0.2, 0) is 20.9 Å². The minimum absolute atomic E-state index is 0.120. The molecule has 4 rings (SSSR count). The number of halogens is 3. The molecule has 0 N–H and O–H groups in total. The molecule has 1 aromatic carbocycles. The molecule has 170 valence electrons. The molecule has 6 nitrogen and oxygen atoms in total. The van der Waals surface area contributed by atoms with E-state index in [0.717, 1.165) is 18.9 Å². The summed E-state index contributed by atoms with van der Waals surface area (Å²) in [5.41, 5.74) is -1.42. The molecule has 10 heteroatoms. The molecular weight excluding hydrogens is 431 g/mol. The summed E-state index contributed by atoms with van der Waals surface area (Å²) < 4.78 is 72.2. The van der Waals surface area contributed by atoms with Gasteiger partial charge >= 0.3 is 6.18 Å². The number of sulfonamides is 1. The van der Waals surface area contributed by atoms with Gasteiger partial charge in [0.1, 0.15) is 0 Å². The van der Waals surface area contributed by atoms with E-state index in [-0.39, 0.29) is 5.92 Å². The molecule has 0 unspecified atom stereocenters. The lowest BCUT2D eigenvalue weighted by Crippen LogP contribution is -2.52. The zero-order valence-corrected chi connectivity index (χ0v) is 18.2. The van der Waals surface area contributed by atoms with E-state index < -0.39 is 32.7 Å². The number of alkyl halides is 3. The maximum Gasteiger partial charge on any atom is 0.417 e. The zero-order chi connectivity index (χ0) is 22.4. The second-order valence-electron chi connectivity index (χ2n) is 9.12.